The maximum absolute atomic E-state index is 10.3. The van der Waals surface area contributed by atoms with Gasteiger partial charge in [-0.25, -0.2) is 0 Å². The average molecular weight is 271 g/mol. The van der Waals surface area contributed by atoms with Gasteiger partial charge in [0.15, 0.2) is 0 Å². The van der Waals surface area contributed by atoms with Crippen LogP contribution in [0.3, 0.4) is 0 Å². The van der Waals surface area contributed by atoms with Crippen LogP contribution in [-0.2, 0) is 12.8 Å². The number of hydrogen-bond acceptors (Lipinski definition) is 3. The van der Waals surface area contributed by atoms with Gasteiger partial charge in [0.1, 0.15) is 5.75 Å². The normalized spacial score (nSPS) is 12.2. The third-order valence-electron chi connectivity index (χ3n) is 3.55. The number of aliphatic hydroxyl groups is 1. The molecule has 0 bridgehead atoms. The second kappa shape index (κ2) is 7.06. The molecule has 1 unspecified atom stereocenters. The number of rotatable bonds is 6. The number of aliphatic hydroxyl groups excluding tert-OH is 1. The molecule has 1 heterocycles. The Hall–Kier alpha value is -1.87. The number of aryl methyl sites for hydroxylation is 2. The van der Waals surface area contributed by atoms with Gasteiger partial charge in [-0.15, -0.1) is 0 Å². The first-order valence-electron chi connectivity index (χ1n) is 6.98. The Kier molecular flexibility index (Phi) is 5.13. The minimum atomic E-state index is -0.435. The molecule has 1 N–H and O–H groups in total. The van der Waals surface area contributed by atoms with E-state index in [2.05, 4.69) is 11.9 Å². The molecule has 0 amide bonds. The summed E-state index contributed by atoms with van der Waals surface area (Å²) in [6.45, 7) is 2.08. The van der Waals surface area contributed by atoms with Crippen LogP contribution in [-0.4, -0.2) is 17.2 Å². The van der Waals surface area contributed by atoms with E-state index in [1.807, 2.05) is 36.5 Å². The summed E-state index contributed by atoms with van der Waals surface area (Å²) in [6.07, 6.45) is 5.59. The Morgan fingerprint density at radius 2 is 1.95 bits per heavy atom. The number of pyridine rings is 1. The molecule has 106 valence electrons. The summed E-state index contributed by atoms with van der Waals surface area (Å²) in [5.41, 5.74) is 3.32. The fourth-order valence-electron chi connectivity index (χ4n) is 2.31. The van der Waals surface area contributed by atoms with Crippen LogP contribution < -0.4 is 4.74 Å². The maximum Gasteiger partial charge on any atom is 0.118 e. The quantitative estimate of drug-likeness (QED) is 0.876. The molecule has 1 aromatic heterocycles. The van der Waals surface area contributed by atoms with Crippen molar-refractivity contribution in [3.05, 3.63) is 59.4 Å². The van der Waals surface area contributed by atoms with E-state index >= 15 is 0 Å². The molecule has 0 aliphatic rings. The van der Waals surface area contributed by atoms with Crippen LogP contribution in [0.2, 0.25) is 0 Å². The summed E-state index contributed by atoms with van der Waals surface area (Å²) in [5.74, 6) is 0.858. The highest BCUT2D eigenvalue weighted by Crippen LogP contribution is 2.23. The Bertz CT molecular complexity index is 537. The van der Waals surface area contributed by atoms with Gasteiger partial charge in [0.2, 0.25) is 0 Å². The summed E-state index contributed by atoms with van der Waals surface area (Å²) in [6, 6.07) is 9.90. The van der Waals surface area contributed by atoms with E-state index in [4.69, 9.17) is 4.74 Å². The van der Waals surface area contributed by atoms with Gasteiger partial charge in [-0.1, -0.05) is 19.1 Å². The van der Waals surface area contributed by atoms with Crippen LogP contribution in [0.25, 0.3) is 0 Å². The van der Waals surface area contributed by atoms with Crippen molar-refractivity contribution < 1.29 is 9.84 Å². The average Bonchev–Trinajstić information content (AvgIpc) is 2.53. The number of benzene rings is 1. The Balaban J connectivity index is 1.98. The van der Waals surface area contributed by atoms with Gasteiger partial charge in [-0.05, 0) is 54.2 Å². The van der Waals surface area contributed by atoms with Gasteiger partial charge in [0.25, 0.3) is 0 Å². The third kappa shape index (κ3) is 3.58. The van der Waals surface area contributed by atoms with Gasteiger partial charge in [0.05, 0.1) is 13.2 Å². The topological polar surface area (TPSA) is 42.4 Å². The van der Waals surface area contributed by atoms with E-state index in [1.165, 1.54) is 5.56 Å². The van der Waals surface area contributed by atoms with E-state index in [0.717, 1.165) is 29.7 Å². The Morgan fingerprint density at radius 3 is 2.60 bits per heavy atom. The fraction of sp³-hybridized carbons (Fsp3) is 0.353. The zero-order valence-corrected chi connectivity index (χ0v) is 12.0. The van der Waals surface area contributed by atoms with Crippen LogP contribution in [0.4, 0.5) is 0 Å². The summed E-state index contributed by atoms with van der Waals surface area (Å²) in [4.78, 5) is 4.11. The summed E-state index contributed by atoms with van der Waals surface area (Å²) in [5, 5.41) is 10.3. The molecule has 20 heavy (non-hydrogen) atoms. The molecule has 2 aromatic rings. The number of ether oxygens (including phenoxy) is 1. The zero-order valence-electron chi connectivity index (χ0n) is 12.0. The van der Waals surface area contributed by atoms with E-state index in [9.17, 15) is 5.11 Å². The Labute approximate surface area is 120 Å². The highest BCUT2D eigenvalue weighted by Gasteiger charge is 2.11. The molecule has 3 nitrogen and oxygen atoms in total. The number of hydrogen-bond donors (Lipinski definition) is 1. The molecule has 1 aromatic carbocycles. The van der Waals surface area contributed by atoms with Gasteiger partial charge in [0, 0.05) is 12.4 Å². The lowest BCUT2D eigenvalue weighted by Gasteiger charge is -2.14. The lowest BCUT2D eigenvalue weighted by atomic mass is 9.97. The molecule has 0 aliphatic carbocycles. The third-order valence-corrected chi connectivity index (χ3v) is 3.55. The summed E-state index contributed by atoms with van der Waals surface area (Å²) >= 11 is 0. The largest absolute Gasteiger partial charge is 0.497 e. The first kappa shape index (κ1) is 14.5. The predicted octanol–water partition coefficient (Wildman–Crippen LogP) is 3.32. The molecule has 3 heteroatoms. The molecule has 0 spiro atoms. The van der Waals surface area contributed by atoms with Crippen molar-refractivity contribution in [3.8, 4) is 5.75 Å². The van der Waals surface area contributed by atoms with Crippen molar-refractivity contribution in [3.63, 3.8) is 0 Å². The molecular weight excluding hydrogens is 250 g/mol. The molecule has 0 fully saturated rings. The molecule has 0 aliphatic heterocycles. The first-order valence-corrected chi connectivity index (χ1v) is 6.98. The summed E-state index contributed by atoms with van der Waals surface area (Å²) < 4.78 is 5.14. The van der Waals surface area contributed by atoms with Crippen LogP contribution in [0, 0.1) is 0 Å². The lowest BCUT2D eigenvalue weighted by molar-refractivity contribution is 0.166. The summed E-state index contributed by atoms with van der Waals surface area (Å²) in [7, 11) is 1.66. The number of nitrogens with zero attached hydrogens (tertiary/aromatic N) is 1. The smallest absolute Gasteiger partial charge is 0.118 e. The second-order valence-corrected chi connectivity index (χ2v) is 4.83. The monoisotopic (exact) mass is 271 g/mol. The second-order valence-electron chi connectivity index (χ2n) is 4.83. The standard InChI is InChI=1S/C17H21NO2/c1-3-14-12-18-11-10-16(14)17(19)9-6-13-4-7-15(20-2)8-5-13/h4-5,7-8,10-12,17,19H,3,6,9H2,1-2H3. The number of methoxy groups -OCH3 is 1. The minimum Gasteiger partial charge on any atom is -0.497 e. The highest BCUT2D eigenvalue weighted by atomic mass is 16.5. The van der Waals surface area contributed by atoms with Crippen molar-refractivity contribution in [2.45, 2.75) is 32.3 Å². The van der Waals surface area contributed by atoms with Crippen LogP contribution in [0.5, 0.6) is 5.75 Å². The lowest BCUT2D eigenvalue weighted by Crippen LogP contribution is -2.04. The van der Waals surface area contributed by atoms with Gasteiger partial charge in [-0.2, -0.15) is 0 Å². The van der Waals surface area contributed by atoms with E-state index in [0.29, 0.717) is 6.42 Å². The first-order chi connectivity index (χ1) is 9.74. The SMILES string of the molecule is CCc1cnccc1C(O)CCc1ccc(OC)cc1. The van der Waals surface area contributed by atoms with Gasteiger partial charge in [-0.3, -0.25) is 4.98 Å². The van der Waals surface area contributed by atoms with Crippen molar-refractivity contribution >= 4 is 0 Å². The van der Waals surface area contributed by atoms with E-state index in [-0.39, 0.29) is 0 Å². The van der Waals surface area contributed by atoms with E-state index in [1.54, 1.807) is 13.3 Å². The highest BCUT2D eigenvalue weighted by molar-refractivity contribution is 5.28. The van der Waals surface area contributed by atoms with E-state index < -0.39 is 6.10 Å². The molecule has 2 rings (SSSR count). The van der Waals surface area contributed by atoms with Crippen molar-refractivity contribution in [1.82, 2.24) is 4.98 Å². The van der Waals surface area contributed by atoms with Crippen molar-refractivity contribution in [2.24, 2.45) is 0 Å². The fourth-order valence-corrected chi connectivity index (χ4v) is 2.31. The van der Waals surface area contributed by atoms with Gasteiger partial charge < -0.3 is 9.84 Å². The molecule has 1 atom stereocenters. The van der Waals surface area contributed by atoms with Gasteiger partial charge >= 0.3 is 0 Å². The maximum atomic E-state index is 10.3. The predicted molar refractivity (Wildman–Crippen MR) is 79.9 cm³/mol. The van der Waals surface area contributed by atoms with Crippen LogP contribution >= 0.6 is 0 Å². The minimum absolute atomic E-state index is 0.435. The molecular formula is C17H21NO2. The zero-order chi connectivity index (χ0) is 14.4. The Morgan fingerprint density at radius 1 is 1.20 bits per heavy atom. The van der Waals surface area contributed by atoms with Crippen molar-refractivity contribution in [2.75, 3.05) is 7.11 Å². The van der Waals surface area contributed by atoms with Crippen LogP contribution in [0.1, 0.15) is 36.1 Å². The molecule has 0 saturated carbocycles. The molecule has 0 saturated heterocycles. The van der Waals surface area contributed by atoms with Crippen LogP contribution in [0.15, 0.2) is 42.7 Å². The van der Waals surface area contributed by atoms with Crippen molar-refractivity contribution in [1.29, 1.82) is 0 Å². The molecule has 0 radical (unpaired) electrons. The number of aromatic nitrogens is 1.